The highest BCUT2D eigenvalue weighted by atomic mass is 17.1. The van der Waals surface area contributed by atoms with E-state index in [1.807, 2.05) is 30.3 Å². The van der Waals surface area contributed by atoms with Crippen molar-refractivity contribution in [1.29, 1.82) is 0 Å². The molecule has 0 saturated heterocycles. The van der Waals surface area contributed by atoms with Crippen LogP contribution in [0, 0.1) is 0 Å². The van der Waals surface area contributed by atoms with Crippen LogP contribution in [0.3, 0.4) is 0 Å². The van der Waals surface area contributed by atoms with E-state index in [4.69, 9.17) is 5.26 Å². The molecular formula is C10H14O2. The lowest BCUT2D eigenvalue weighted by Gasteiger charge is -2.12. The van der Waals surface area contributed by atoms with Crippen molar-refractivity contribution in [1.82, 2.24) is 0 Å². The first-order valence-corrected chi connectivity index (χ1v) is 4.19. The van der Waals surface area contributed by atoms with Crippen LogP contribution >= 0.6 is 0 Å². The topological polar surface area (TPSA) is 29.5 Å². The fourth-order valence-electron chi connectivity index (χ4n) is 1.26. The second-order valence-electron chi connectivity index (χ2n) is 2.81. The predicted octanol–water partition coefficient (Wildman–Crippen LogP) is 2.67. The maximum atomic E-state index is 8.33. The van der Waals surface area contributed by atoms with E-state index in [0.29, 0.717) is 12.5 Å². The van der Waals surface area contributed by atoms with Gasteiger partial charge in [-0.05, 0) is 12.0 Å². The van der Waals surface area contributed by atoms with Crippen molar-refractivity contribution < 1.29 is 10.1 Å². The lowest BCUT2D eigenvalue weighted by atomic mass is 9.98. The Labute approximate surface area is 72.7 Å². The monoisotopic (exact) mass is 166 g/mol. The second-order valence-corrected chi connectivity index (χ2v) is 2.81. The molecule has 0 aliphatic heterocycles. The molecule has 1 N–H and O–H groups in total. The lowest BCUT2D eigenvalue weighted by Crippen LogP contribution is -2.04. The molecule has 0 amide bonds. The van der Waals surface area contributed by atoms with Crippen molar-refractivity contribution in [2.24, 2.45) is 0 Å². The highest BCUT2D eigenvalue weighted by molar-refractivity contribution is 5.19. The highest BCUT2D eigenvalue weighted by Crippen LogP contribution is 2.18. The minimum absolute atomic E-state index is 0.302. The normalized spacial score (nSPS) is 12.8. The molecule has 0 aliphatic carbocycles. The fraction of sp³-hybridized carbons (Fsp3) is 0.400. The first-order chi connectivity index (χ1) is 5.88. The summed E-state index contributed by atoms with van der Waals surface area (Å²) in [4.78, 5) is 4.15. The molecule has 1 aromatic rings. The van der Waals surface area contributed by atoms with Crippen LogP contribution in [0.15, 0.2) is 30.3 Å². The van der Waals surface area contributed by atoms with Crippen molar-refractivity contribution in [3.8, 4) is 0 Å². The molecule has 0 heterocycles. The van der Waals surface area contributed by atoms with Crippen LogP contribution in [-0.2, 0) is 4.89 Å². The number of hydrogen-bond acceptors (Lipinski definition) is 2. The van der Waals surface area contributed by atoms with Gasteiger partial charge in [0.25, 0.3) is 0 Å². The quantitative estimate of drug-likeness (QED) is 0.550. The second kappa shape index (κ2) is 4.91. The Balaban J connectivity index is 2.66. The summed E-state index contributed by atoms with van der Waals surface area (Å²) in [5.74, 6) is 0.302. The van der Waals surface area contributed by atoms with Gasteiger partial charge in [0, 0.05) is 5.92 Å². The van der Waals surface area contributed by atoms with Crippen molar-refractivity contribution >= 4 is 0 Å². The molecule has 2 nitrogen and oxygen atoms in total. The minimum atomic E-state index is 0.302. The summed E-state index contributed by atoms with van der Waals surface area (Å²) in [5.41, 5.74) is 1.22. The van der Waals surface area contributed by atoms with Gasteiger partial charge in [0.1, 0.15) is 0 Å². The number of benzene rings is 1. The molecule has 0 aliphatic rings. The van der Waals surface area contributed by atoms with Crippen LogP contribution in [-0.4, -0.2) is 11.9 Å². The SMILES string of the molecule is CCC(COO)c1ccccc1. The first-order valence-electron chi connectivity index (χ1n) is 4.19. The average molecular weight is 166 g/mol. The molecule has 66 valence electrons. The van der Waals surface area contributed by atoms with Gasteiger partial charge in [-0.1, -0.05) is 37.3 Å². The molecule has 1 unspecified atom stereocenters. The smallest absolute Gasteiger partial charge is 0.0888 e. The Kier molecular flexibility index (Phi) is 3.77. The number of rotatable bonds is 4. The summed E-state index contributed by atoms with van der Waals surface area (Å²) in [6.45, 7) is 2.46. The zero-order valence-corrected chi connectivity index (χ0v) is 7.23. The molecular weight excluding hydrogens is 152 g/mol. The van der Waals surface area contributed by atoms with Crippen molar-refractivity contribution in [2.75, 3.05) is 6.61 Å². The van der Waals surface area contributed by atoms with Gasteiger partial charge in [0.15, 0.2) is 0 Å². The third kappa shape index (κ3) is 2.32. The molecule has 12 heavy (non-hydrogen) atoms. The molecule has 1 aromatic carbocycles. The molecule has 2 heteroatoms. The van der Waals surface area contributed by atoms with Gasteiger partial charge in [-0.3, -0.25) is 5.26 Å². The number of hydrogen-bond donors (Lipinski definition) is 1. The first kappa shape index (κ1) is 9.23. The summed E-state index contributed by atoms with van der Waals surface area (Å²) in [6, 6.07) is 10.1. The molecule has 1 rings (SSSR count). The molecule has 0 aromatic heterocycles. The van der Waals surface area contributed by atoms with Crippen molar-refractivity contribution in [3.05, 3.63) is 35.9 Å². The predicted molar refractivity (Wildman–Crippen MR) is 48.1 cm³/mol. The Hall–Kier alpha value is -0.860. The van der Waals surface area contributed by atoms with Gasteiger partial charge < -0.3 is 0 Å². The van der Waals surface area contributed by atoms with Gasteiger partial charge >= 0.3 is 0 Å². The summed E-state index contributed by atoms with van der Waals surface area (Å²) < 4.78 is 0. The largest absolute Gasteiger partial charge is 0.252 e. The van der Waals surface area contributed by atoms with Crippen LogP contribution in [0.25, 0.3) is 0 Å². The Bertz CT molecular complexity index is 208. The van der Waals surface area contributed by atoms with E-state index in [0.717, 1.165) is 6.42 Å². The Morgan fingerprint density at radius 3 is 2.50 bits per heavy atom. The van der Waals surface area contributed by atoms with Crippen LogP contribution in [0.1, 0.15) is 24.8 Å². The van der Waals surface area contributed by atoms with Gasteiger partial charge in [-0.15, -0.1) is 0 Å². The maximum Gasteiger partial charge on any atom is 0.0888 e. The molecule has 0 spiro atoms. The van der Waals surface area contributed by atoms with E-state index in [9.17, 15) is 0 Å². The zero-order chi connectivity index (χ0) is 8.81. The van der Waals surface area contributed by atoms with Gasteiger partial charge in [-0.25, -0.2) is 4.89 Å². The van der Waals surface area contributed by atoms with Crippen molar-refractivity contribution in [3.63, 3.8) is 0 Å². The van der Waals surface area contributed by atoms with E-state index in [1.54, 1.807) is 0 Å². The average Bonchev–Trinajstić information content (AvgIpc) is 2.15. The third-order valence-corrected chi connectivity index (χ3v) is 2.04. The molecule has 0 bridgehead atoms. The van der Waals surface area contributed by atoms with Crippen LogP contribution in [0.2, 0.25) is 0 Å². The van der Waals surface area contributed by atoms with Gasteiger partial charge in [0.05, 0.1) is 6.61 Å². The molecule has 0 fully saturated rings. The van der Waals surface area contributed by atoms with Crippen LogP contribution < -0.4 is 0 Å². The Morgan fingerprint density at radius 2 is 2.00 bits per heavy atom. The van der Waals surface area contributed by atoms with E-state index < -0.39 is 0 Å². The molecule has 0 saturated carbocycles. The van der Waals surface area contributed by atoms with Crippen LogP contribution in [0.5, 0.6) is 0 Å². The summed E-state index contributed by atoms with van der Waals surface area (Å²) in [6.07, 6.45) is 0.977. The van der Waals surface area contributed by atoms with E-state index >= 15 is 0 Å². The Morgan fingerprint density at radius 1 is 1.33 bits per heavy atom. The van der Waals surface area contributed by atoms with E-state index in [-0.39, 0.29) is 0 Å². The molecule has 1 atom stereocenters. The van der Waals surface area contributed by atoms with Gasteiger partial charge in [-0.2, -0.15) is 0 Å². The zero-order valence-electron chi connectivity index (χ0n) is 7.23. The van der Waals surface area contributed by atoms with Gasteiger partial charge in [0.2, 0.25) is 0 Å². The summed E-state index contributed by atoms with van der Waals surface area (Å²) in [5, 5.41) is 8.33. The lowest BCUT2D eigenvalue weighted by molar-refractivity contribution is -0.245. The van der Waals surface area contributed by atoms with E-state index in [2.05, 4.69) is 11.8 Å². The summed E-state index contributed by atoms with van der Waals surface area (Å²) >= 11 is 0. The highest BCUT2D eigenvalue weighted by Gasteiger charge is 2.07. The minimum Gasteiger partial charge on any atom is -0.252 e. The van der Waals surface area contributed by atoms with Crippen molar-refractivity contribution in [2.45, 2.75) is 19.3 Å². The van der Waals surface area contributed by atoms with Crippen LogP contribution in [0.4, 0.5) is 0 Å². The van der Waals surface area contributed by atoms with E-state index in [1.165, 1.54) is 5.56 Å². The third-order valence-electron chi connectivity index (χ3n) is 2.04. The summed E-state index contributed by atoms with van der Waals surface area (Å²) in [7, 11) is 0. The fourth-order valence-corrected chi connectivity index (χ4v) is 1.26. The molecule has 0 radical (unpaired) electrons. The maximum absolute atomic E-state index is 8.33. The standard InChI is InChI=1S/C10H14O2/c1-2-9(8-12-11)10-6-4-3-5-7-10/h3-7,9,11H,2,8H2,1H3.